The molecule has 158 valence electrons. The third kappa shape index (κ3) is 3.24. The van der Waals surface area contributed by atoms with E-state index in [1.54, 1.807) is 4.90 Å². The number of benzene rings is 2. The van der Waals surface area contributed by atoms with Crippen LogP contribution in [0.2, 0.25) is 0 Å². The number of hydrogen-bond donors (Lipinski definition) is 1. The van der Waals surface area contributed by atoms with Gasteiger partial charge in [-0.25, -0.2) is 4.39 Å². The third-order valence-corrected chi connectivity index (χ3v) is 6.59. The summed E-state index contributed by atoms with van der Waals surface area (Å²) in [6.45, 7) is 7.47. The lowest BCUT2D eigenvalue weighted by Crippen LogP contribution is -2.31. The van der Waals surface area contributed by atoms with Gasteiger partial charge >= 0.3 is 5.97 Å². The Morgan fingerprint density at radius 3 is 2.63 bits per heavy atom. The highest BCUT2D eigenvalue weighted by molar-refractivity contribution is 5.83. The molecule has 0 radical (unpaired) electrons. The summed E-state index contributed by atoms with van der Waals surface area (Å²) >= 11 is 0. The van der Waals surface area contributed by atoms with Crippen LogP contribution >= 0.6 is 0 Å². The van der Waals surface area contributed by atoms with Crippen LogP contribution in [0, 0.1) is 26.6 Å². The fraction of sp³-hybridized carbons (Fsp3) is 0.417. The predicted octanol–water partition coefficient (Wildman–Crippen LogP) is 3.88. The summed E-state index contributed by atoms with van der Waals surface area (Å²) in [6.07, 6.45) is 2.99. The Balaban J connectivity index is 2.02. The van der Waals surface area contributed by atoms with Gasteiger partial charge in [0, 0.05) is 18.7 Å². The van der Waals surface area contributed by atoms with Crippen LogP contribution in [0.15, 0.2) is 6.07 Å². The van der Waals surface area contributed by atoms with Gasteiger partial charge in [0.2, 0.25) is 6.41 Å². The van der Waals surface area contributed by atoms with Crippen molar-refractivity contribution in [3.05, 3.63) is 50.8 Å². The molecule has 0 unspecified atom stereocenters. The molecular weight excluding hydrogens is 385 g/mol. The largest absolute Gasteiger partial charge is 0.490 e. The highest BCUT2D eigenvalue weighted by atomic mass is 19.1. The summed E-state index contributed by atoms with van der Waals surface area (Å²) in [6, 6.07) is 1.49. The second-order valence-electron chi connectivity index (χ2n) is 8.25. The monoisotopic (exact) mass is 411 g/mol. The van der Waals surface area contributed by atoms with E-state index in [4.69, 9.17) is 4.74 Å². The second-order valence-corrected chi connectivity index (χ2v) is 8.25. The van der Waals surface area contributed by atoms with Gasteiger partial charge < -0.3 is 14.7 Å². The zero-order chi connectivity index (χ0) is 21.6. The van der Waals surface area contributed by atoms with Gasteiger partial charge in [-0.15, -0.1) is 0 Å². The van der Waals surface area contributed by atoms with Crippen LogP contribution in [-0.2, 0) is 35.4 Å². The molecule has 0 saturated heterocycles. The molecule has 0 aromatic heterocycles. The van der Waals surface area contributed by atoms with Crippen LogP contribution in [-0.4, -0.2) is 35.5 Å². The minimum Gasteiger partial charge on any atom is -0.490 e. The lowest BCUT2D eigenvalue weighted by Gasteiger charge is -2.32. The number of ether oxygens (including phenoxy) is 1. The van der Waals surface area contributed by atoms with Crippen LogP contribution in [0.25, 0.3) is 11.1 Å². The zero-order valence-electron chi connectivity index (χ0n) is 17.6. The fourth-order valence-corrected chi connectivity index (χ4v) is 5.03. The van der Waals surface area contributed by atoms with Crippen molar-refractivity contribution in [2.24, 2.45) is 0 Å². The van der Waals surface area contributed by atoms with Crippen molar-refractivity contribution in [1.82, 2.24) is 4.90 Å². The van der Waals surface area contributed by atoms with E-state index in [0.717, 1.165) is 69.3 Å². The average Bonchev–Trinajstić information content (AvgIpc) is 2.74. The van der Waals surface area contributed by atoms with Gasteiger partial charge in [0.15, 0.2) is 11.6 Å². The molecule has 6 heteroatoms. The Bertz CT molecular complexity index is 1060. The van der Waals surface area contributed by atoms with Gasteiger partial charge in [-0.05, 0) is 90.6 Å². The van der Waals surface area contributed by atoms with Crippen molar-refractivity contribution >= 4 is 12.4 Å². The van der Waals surface area contributed by atoms with E-state index in [0.29, 0.717) is 31.9 Å². The topological polar surface area (TPSA) is 66.8 Å². The molecule has 0 fully saturated rings. The number of carboxylic acid groups (broad SMARTS) is 1. The lowest BCUT2D eigenvalue weighted by atomic mass is 9.79. The van der Waals surface area contributed by atoms with Crippen LogP contribution < -0.4 is 4.74 Å². The maximum absolute atomic E-state index is 15.0. The third-order valence-electron chi connectivity index (χ3n) is 6.59. The van der Waals surface area contributed by atoms with Crippen LogP contribution in [0.5, 0.6) is 5.75 Å². The number of nitrogens with zero attached hydrogens (tertiary/aromatic N) is 1. The maximum atomic E-state index is 15.0. The molecule has 2 aliphatic heterocycles. The number of aliphatic carboxylic acids is 1. The van der Waals surface area contributed by atoms with Crippen LogP contribution in [0.3, 0.4) is 0 Å². The summed E-state index contributed by atoms with van der Waals surface area (Å²) in [4.78, 5) is 24.8. The minimum atomic E-state index is -0.913. The van der Waals surface area contributed by atoms with Crippen molar-refractivity contribution in [2.75, 3.05) is 13.2 Å². The number of rotatable bonds is 4. The smallest absolute Gasteiger partial charge is 0.307 e. The number of carbonyl (C=O) groups is 2. The number of halogens is 1. The van der Waals surface area contributed by atoms with E-state index in [1.807, 2.05) is 20.8 Å². The summed E-state index contributed by atoms with van der Waals surface area (Å²) in [5, 5.41) is 9.61. The van der Waals surface area contributed by atoms with E-state index < -0.39 is 11.8 Å². The second kappa shape index (κ2) is 7.74. The number of carboxylic acids is 1. The first-order chi connectivity index (χ1) is 14.3. The first-order valence-electron chi connectivity index (χ1n) is 10.3. The maximum Gasteiger partial charge on any atom is 0.307 e. The number of amides is 1. The van der Waals surface area contributed by atoms with Crippen molar-refractivity contribution in [1.29, 1.82) is 0 Å². The molecule has 0 saturated carbocycles. The lowest BCUT2D eigenvalue weighted by molar-refractivity contribution is -0.136. The van der Waals surface area contributed by atoms with Crippen LogP contribution in [0.1, 0.15) is 45.4 Å². The molecule has 0 aliphatic carbocycles. The van der Waals surface area contributed by atoms with E-state index in [9.17, 15) is 19.1 Å². The molecule has 0 bridgehead atoms. The van der Waals surface area contributed by atoms with Crippen molar-refractivity contribution in [3.8, 4) is 16.9 Å². The van der Waals surface area contributed by atoms with Gasteiger partial charge in [0.1, 0.15) is 0 Å². The first kappa shape index (κ1) is 20.4. The highest BCUT2D eigenvalue weighted by Crippen LogP contribution is 2.43. The molecule has 0 spiro atoms. The first-order valence-corrected chi connectivity index (χ1v) is 10.3. The van der Waals surface area contributed by atoms with Gasteiger partial charge in [-0.1, -0.05) is 0 Å². The number of hydrogen-bond acceptors (Lipinski definition) is 3. The fourth-order valence-electron chi connectivity index (χ4n) is 5.03. The zero-order valence-corrected chi connectivity index (χ0v) is 17.6. The minimum absolute atomic E-state index is 0.124. The van der Waals surface area contributed by atoms with E-state index in [1.165, 1.54) is 6.07 Å². The average molecular weight is 411 g/mol. The predicted molar refractivity (Wildman–Crippen MR) is 111 cm³/mol. The van der Waals surface area contributed by atoms with Crippen molar-refractivity contribution < 1.29 is 23.8 Å². The summed E-state index contributed by atoms with van der Waals surface area (Å²) in [5.41, 5.74) is 8.06. The Hall–Kier alpha value is -2.89. The molecule has 1 amide bonds. The van der Waals surface area contributed by atoms with E-state index in [-0.39, 0.29) is 6.42 Å². The van der Waals surface area contributed by atoms with Gasteiger partial charge in [0.05, 0.1) is 13.0 Å². The molecule has 2 aromatic carbocycles. The normalized spacial score (nSPS) is 15.3. The molecule has 4 rings (SSSR count). The number of fused-ring (bicyclic) bond motifs is 2. The molecule has 0 atom stereocenters. The number of carbonyl (C=O) groups excluding carboxylic acids is 1. The van der Waals surface area contributed by atoms with Crippen molar-refractivity contribution in [3.63, 3.8) is 0 Å². The van der Waals surface area contributed by atoms with Gasteiger partial charge in [0.25, 0.3) is 0 Å². The molecular formula is C24H26FNO4. The Kier molecular flexibility index (Phi) is 5.26. The van der Waals surface area contributed by atoms with Crippen LogP contribution in [0.4, 0.5) is 4.39 Å². The quantitative estimate of drug-likeness (QED) is 0.776. The van der Waals surface area contributed by atoms with E-state index in [2.05, 4.69) is 0 Å². The summed E-state index contributed by atoms with van der Waals surface area (Å²) < 4.78 is 20.6. The van der Waals surface area contributed by atoms with Crippen molar-refractivity contribution in [2.45, 2.75) is 53.0 Å². The van der Waals surface area contributed by atoms with Gasteiger partial charge in [-0.2, -0.15) is 0 Å². The summed E-state index contributed by atoms with van der Waals surface area (Å²) in [7, 11) is 0. The molecule has 2 aromatic rings. The standard InChI is InChI=1S/C24H26FNO4/c1-13-16-6-7-26(12-27)11-20(16)15(3)23(19(13)10-22(28)29)18-9-21(25)24-17(14(18)2)5-4-8-30-24/h9,12H,4-8,10-11H2,1-3H3,(H,28,29). The Morgan fingerprint density at radius 1 is 1.17 bits per heavy atom. The molecule has 5 nitrogen and oxygen atoms in total. The molecule has 30 heavy (non-hydrogen) atoms. The Morgan fingerprint density at radius 2 is 1.93 bits per heavy atom. The highest BCUT2D eigenvalue weighted by Gasteiger charge is 2.28. The molecule has 2 aliphatic rings. The van der Waals surface area contributed by atoms with E-state index >= 15 is 0 Å². The Labute approximate surface area is 175 Å². The summed E-state index contributed by atoms with van der Waals surface area (Å²) in [5.74, 6) is -0.999. The SMILES string of the molecule is Cc1c(-c2c(C)c3c(c(C)c2CC(=O)O)CCN(C=O)C3)cc(F)c2c1CCCO2. The molecule has 1 N–H and O–H groups in total. The van der Waals surface area contributed by atoms with Gasteiger partial charge in [-0.3, -0.25) is 9.59 Å². The molecule has 2 heterocycles.